The van der Waals surface area contributed by atoms with E-state index in [0.717, 1.165) is 17.5 Å². The van der Waals surface area contributed by atoms with E-state index >= 15 is 0 Å². The van der Waals surface area contributed by atoms with Crippen molar-refractivity contribution in [1.29, 1.82) is 0 Å². The van der Waals surface area contributed by atoms with Crippen LogP contribution in [0.25, 0.3) is 6.08 Å². The highest BCUT2D eigenvalue weighted by Crippen LogP contribution is 2.33. The molecule has 0 saturated carbocycles. The van der Waals surface area contributed by atoms with E-state index in [1.54, 1.807) is 6.20 Å². The predicted molar refractivity (Wildman–Crippen MR) is 120 cm³/mol. The van der Waals surface area contributed by atoms with E-state index in [2.05, 4.69) is 19.2 Å². The van der Waals surface area contributed by atoms with Crippen molar-refractivity contribution < 1.29 is 19.1 Å². The second kappa shape index (κ2) is 10.1. The molecule has 2 amide bonds. The van der Waals surface area contributed by atoms with Gasteiger partial charge in [0.05, 0.1) is 12.5 Å². The van der Waals surface area contributed by atoms with Crippen LogP contribution in [0.1, 0.15) is 62.3 Å². The van der Waals surface area contributed by atoms with Gasteiger partial charge in [-0.3, -0.25) is 14.4 Å². The monoisotopic (exact) mass is 420 g/mol. The number of carbonyl (C=O) groups is 3. The molecular weight excluding hydrogens is 392 g/mol. The quantitative estimate of drug-likeness (QED) is 0.662. The molecule has 2 atom stereocenters. The van der Waals surface area contributed by atoms with E-state index in [9.17, 15) is 14.4 Å². The SMILES string of the molecule is CC[C@@H](C)c1ccc(NC(=O)COC(=O)C[C@@H]2c3ccccc3C=CN2C(C)=O)cc1. The maximum Gasteiger partial charge on any atom is 0.308 e. The van der Waals surface area contributed by atoms with Crippen LogP contribution in [0.3, 0.4) is 0 Å². The summed E-state index contributed by atoms with van der Waals surface area (Å²) in [5, 5.41) is 2.74. The zero-order chi connectivity index (χ0) is 22.4. The number of anilines is 1. The molecule has 1 aliphatic rings. The fourth-order valence-corrected chi connectivity index (χ4v) is 3.60. The van der Waals surface area contributed by atoms with Crippen LogP contribution in [0.4, 0.5) is 5.69 Å². The minimum atomic E-state index is -0.538. The molecule has 3 rings (SSSR count). The Balaban J connectivity index is 1.56. The summed E-state index contributed by atoms with van der Waals surface area (Å²) >= 11 is 0. The first-order valence-electron chi connectivity index (χ1n) is 10.5. The zero-order valence-corrected chi connectivity index (χ0v) is 18.1. The molecule has 0 radical (unpaired) electrons. The molecule has 1 N–H and O–H groups in total. The van der Waals surface area contributed by atoms with Gasteiger partial charge < -0.3 is 15.0 Å². The standard InChI is InChI=1S/C25H28N2O4/c1-4-17(2)19-9-11-21(12-10-19)26-24(29)16-31-25(30)15-23-22-8-6-5-7-20(22)13-14-27(23)18(3)28/h5-14,17,23H,4,15-16H2,1-3H3,(H,26,29)/t17-,23-/m1/s1. The van der Waals surface area contributed by atoms with Crippen LogP contribution in [-0.2, 0) is 19.1 Å². The lowest BCUT2D eigenvalue weighted by Gasteiger charge is -2.32. The van der Waals surface area contributed by atoms with Crippen molar-refractivity contribution in [3.63, 3.8) is 0 Å². The van der Waals surface area contributed by atoms with Crippen molar-refractivity contribution >= 4 is 29.5 Å². The van der Waals surface area contributed by atoms with Gasteiger partial charge in [-0.25, -0.2) is 0 Å². The number of fused-ring (bicyclic) bond motifs is 1. The fourth-order valence-electron chi connectivity index (χ4n) is 3.60. The Morgan fingerprint density at radius 2 is 1.81 bits per heavy atom. The second-order valence-electron chi connectivity index (χ2n) is 7.73. The molecule has 0 spiro atoms. The first-order chi connectivity index (χ1) is 14.9. The number of hydrogen-bond donors (Lipinski definition) is 1. The van der Waals surface area contributed by atoms with Crippen LogP contribution in [-0.4, -0.2) is 29.3 Å². The first-order valence-corrected chi connectivity index (χ1v) is 10.5. The van der Waals surface area contributed by atoms with Gasteiger partial charge in [0, 0.05) is 18.8 Å². The van der Waals surface area contributed by atoms with Gasteiger partial charge in [0.2, 0.25) is 5.91 Å². The molecule has 31 heavy (non-hydrogen) atoms. The fraction of sp³-hybridized carbons (Fsp3) is 0.320. The Hall–Kier alpha value is -3.41. The number of ether oxygens (including phenoxy) is 1. The number of nitrogens with zero attached hydrogens (tertiary/aromatic N) is 1. The number of carbonyl (C=O) groups excluding carboxylic acids is 3. The van der Waals surface area contributed by atoms with Crippen molar-refractivity contribution in [3.8, 4) is 0 Å². The van der Waals surface area contributed by atoms with Gasteiger partial charge in [0.15, 0.2) is 6.61 Å². The van der Waals surface area contributed by atoms with Crippen LogP contribution in [0, 0.1) is 0 Å². The molecule has 6 heteroatoms. The Bertz CT molecular complexity index is 981. The summed E-state index contributed by atoms with van der Waals surface area (Å²) in [6, 6.07) is 14.8. The molecule has 0 fully saturated rings. The summed E-state index contributed by atoms with van der Waals surface area (Å²) in [5.41, 5.74) is 3.70. The Labute approximate surface area is 182 Å². The summed E-state index contributed by atoms with van der Waals surface area (Å²) < 4.78 is 5.19. The van der Waals surface area contributed by atoms with E-state index in [0.29, 0.717) is 11.6 Å². The Morgan fingerprint density at radius 3 is 2.48 bits per heavy atom. The number of nitrogens with one attached hydrogen (secondary N) is 1. The van der Waals surface area contributed by atoms with Crippen molar-refractivity contribution in [2.24, 2.45) is 0 Å². The van der Waals surface area contributed by atoms with Crippen LogP contribution in [0.5, 0.6) is 0 Å². The maximum absolute atomic E-state index is 12.4. The normalized spacial score (nSPS) is 15.7. The van der Waals surface area contributed by atoms with Gasteiger partial charge in [-0.05, 0) is 47.2 Å². The first kappa shape index (κ1) is 22.3. The Morgan fingerprint density at radius 1 is 1.10 bits per heavy atom. The van der Waals surface area contributed by atoms with Crippen LogP contribution < -0.4 is 5.32 Å². The summed E-state index contributed by atoms with van der Waals surface area (Å²) in [7, 11) is 0. The van der Waals surface area contributed by atoms with Crippen LogP contribution >= 0.6 is 0 Å². The highest BCUT2D eigenvalue weighted by atomic mass is 16.5. The second-order valence-corrected chi connectivity index (χ2v) is 7.73. The average Bonchev–Trinajstić information content (AvgIpc) is 2.77. The number of amides is 2. The third kappa shape index (κ3) is 5.60. The third-order valence-electron chi connectivity index (χ3n) is 5.57. The third-order valence-corrected chi connectivity index (χ3v) is 5.57. The van der Waals surface area contributed by atoms with Gasteiger partial charge in [0.25, 0.3) is 5.91 Å². The minimum Gasteiger partial charge on any atom is -0.455 e. The lowest BCUT2D eigenvalue weighted by molar-refractivity contribution is -0.149. The summed E-state index contributed by atoms with van der Waals surface area (Å²) in [6.45, 7) is 5.36. The largest absolute Gasteiger partial charge is 0.455 e. The minimum absolute atomic E-state index is 0.0299. The van der Waals surface area contributed by atoms with Gasteiger partial charge in [-0.1, -0.05) is 50.2 Å². The van der Waals surface area contributed by atoms with Gasteiger partial charge >= 0.3 is 5.97 Å². The summed E-state index contributed by atoms with van der Waals surface area (Å²) in [5.74, 6) is -0.650. The molecule has 0 saturated heterocycles. The van der Waals surface area contributed by atoms with Crippen LogP contribution in [0.2, 0.25) is 0 Å². The van der Waals surface area contributed by atoms with Gasteiger partial charge in [-0.15, -0.1) is 0 Å². The van der Waals surface area contributed by atoms with E-state index in [4.69, 9.17) is 4.74 Å². The number of hydrogen-bond acceptors (Lipinski definition) is 4. The molecule has 2 aromatic rings. The number of benzene rings is 2. The molecule has 1 aliphatic heterocycles. The molecule has 0 aromatic heterocycles. The molecule has 1 heterocycles. The van der Waals surface area contributed by atoms with Crippen molar-refractivity contribution in [2.75, 3.05) is 11.9 Å². The van der Waals surface area contributed by atoms with E-state index in [-0.39, 0.29) is 18.9 Å². The Kier molecular flexibility index (Phi) is 7.23. The highest BCUT2D eigenvalue weighted by Gasteiger charge is 2.28. The van der Waals surface area contributed by atoms with Crippen molar-refractivity contribution in [1.82, 2.24) is 4.90 Å². The predicted octanol–water partition coefficient (Wildman–Crippen LogP) is 4.65. The molecule has 2 aromatic carbocycles. The van der Waals surface area contributed by atoms with E-state index in [1.165, 1.54) is 17.4 Å². The van der Waals surface area contributed by atoms with E-state index < -0.39 is 17.9 Å². The van der Waals surface area contributed by atoms with Crippen molar-refractivity contribution in [2.45, 2.75) is 45.6 Å². The number of rotatable bonds is 7. The smallest absolute Gasteiger partial charge is 0.308 e. The topological polar surface area (TPSA) is 75.7 Å². The molecule has 0 unspecified atom stereocenters. The molecular formula is C25H28N2O4. The number of esters is 1. The van der Waals surface area contributed by atoms with Crippen LogP contribution in [0.15, 0.2) is 54.7 Å². The van der Waals surface area contributed by atoms with Gasteiger partial charge in [0.1, 0.15) is 0 Å². The van der Waals surface area contributed by atoms with Gasteiger partial charge in [-0.2, -0.15) is 0 Å². The molecule has 162 valence electrons. The lowest BCUT2D eigenvalue weighted by atomic mass is 9.94. The zero-order valence-electron chi connectivity index (χ0n) is 18.1. The average molecular weight is 421 g/mol. The maximum atomic E-state index is 12.4. The van der Waals surface area contributed by atoms with Crippen molar-refractivity contribution in [3.05, 3.63) is 71.4 Å². The van der Waals surface area contributed by atoms with E-state index in [1.807, 2.05) is 54.6 Å². The molecule has 0 bridgehead atoms. The molecule has 0 aliphatic carbocycles. The lowest BCUT2D eigenvalue weighted by Crippen LogP contribution is -2.33. The summed E-state index contributed by atoms with van der Waals surface area (Å²) in [4.78, 5) is 38.2. The highest BCUT2D eigenvalue weighted by molar-refractivity contribution is 5.92. The summed E-state index contributed by atoms with van der Waals surface area (Å²) in [6.07, 6.45) is 4.54. The molecule has 6 nitrogen and oxygen atoms in total.